The minimum absolute atomic E-state index is 0.189. The fraction of sp³-hybridized carbons (Fsp3) is 1.00. The molecule has 4 nitrogen and oxygen atoms in total. The standard InChI is InChI=1S/C20H42NO3S/c1-3-5-7-9-11-16-20-25(22,23)24-21(18-14-12-15-19-21)17-13-10-8-6-4-2/h3-20H2,1-2H3/q+1. The molecule has 0 unspecified atom stereocenters. The molecule has 0 N–H and O–H groups in total. The summed E-state index contributed by atoms with van der Waals surface area (Å²) in [6.45, 7) is 7.01. The minimum Gasteiger partial charge on any atom is -0.194 e. The second-order valence-corrected chi connectivity index (χ2v) is 9.48. The molecular weight excluding hydrogens is 334 g/mol. The number of hydrogen-bond donors (Lipinski definition) is 0. The van der Waals surface area contributed by atoms with Crippen molar-refractivity contribution < 1.29 is 17.3 Å². The molecule has 25 heavy (non-hydrogen) atoms. The third-order valence-corrected chi connectivity index (χ3v) is 6.65. The summed E-state index contributed by atoms with van der Waals surface area (Å²) in [6, 6.07) is 0. The lowest BCUT2D eigenvalue weighted by Crippen LogP contribution is -2.53. The first-order valence-electron chi connectivity index (χ1n) is 10.8. The van der Waals surface area contributed by atoms with E-state index >= 15 is 0 Å². The SMILES string of the molecule is CCCCCCCCS(=O)(=O)O[N+]1(CCCCCCC)CCCCC1. The predicted molar refractivity (Wildman–Crippen MR) is 106 cm³/mol. The van der Waals surface area contributed by atoms with Crippen LogP contribution in [0.1, 0.15) is 104 Å². The van der Waals surface area contributed by atoms with E-state index in [-0.39, 0.29) is 5.75 Å². The lowest BCUT2D eigenvalue weighted by atomic mass is 10.1. The van der Waals surface area contributed by atoms with Gasteiger partial charge in [-0.1, -0.05) is 69.5 Å². The van der Waals surface area contributed by atoms with Crippen LogP contribution >= 0.6 is 0 Å². The monoisotopic (exact) mass is 376 g/mol. The van der Waals surface area contributed by atoms with Crippen molar-refractivity contribution in [1.29, 1.82) is 0 Å². The van der Waals surface area contributed by atoms with E-state index in [4.69, 9.17) is 4.28 Å². The van der Waals surface area contributed by atoms with Crippen molar-refractivity contribution in [3.63, 3.8) is 0 Å². The van der Waals surface area contributed by atoms with E-state index in [0.717, 1.165) is 58.2 Å². The highest BCUT2D eigenvalue weighted by atomic mass is 32.2. The van der Waals surface area contributed by atoms with Crippen LogP contribution in [0.25, 0.3) is 0 Å². The predicted octanol–water partition coefficient (Wildman–Crippen LogP) is 5.58. The highest BCUT2D eigenvalue weighted by Crippen LogP contribution is 2.24. The number of hydroxylamine groups is 3. The molecule has 1 heterocycles. The van der Waals surface area contributed by atoms with Crippen LogP contribution in [0.15, 0.2) is 0 Å². The Hall–Kier alpha value is -0.130. The van der Waals surface area contributed by atoms with Gasteiger partial charge in [0.2, 0.25) is 0 Å². The molecule has 0 radical (unpaired) electrons. The van der Waals surface area contributed by atoms with E-state index in [1.165, 1.54) is 51.4 Å². The van der Waals surface area contributed by atoms with Gasteiger partial charge in [-0.2, -0.15) is 13.1 Å². The normalized spacial score (nSPS) is 17.7. The summed E-state index contributed by atoms with van der Waals surface area (Å²) in [6.07, 6.45) is 16.0. The number of hydrogen-bond acceptors (Lipinski definition) is 3. The molecule has 0 aromatic carbocycles. The number of likely N-dealkylation sites (tertiary alicyclic amines) is 1. The summed E-state index contributed by atoms with van der Waals surface area (Å²) >= 11 is 0. The van der Waals surface area contributed by atoms with Crippen LogP contribution in [0.5, 0.6) is 0 Å². The number of nitrogens with zero attached hydrogens (tertiary/aromatic N) is 1. The average Bonchev–Trinajstić information content (AvgIpc) is 2.58. The molecule has 5 heteroatoms. The summed E-state index contributed by atoms with van der Waals surface area (Å²) in [5, 5.41) is 0. The zero-order valence-corrected chi connectivity index (χ0v) is 17.6. The van der Waals surface area contributed by atoms with Gasteiger partial charge in [0.1, 0.15) is 19.6 Å². The molecule has 0 amide bonds. The lowest BCUT2D eigenvalue weighted by molar-refractivity contribution is -1.08. The van der Waals surface area contributed by atoms with Gasteiger partial charge in [0.15, 0.2) is 0 Å². The molecule has 1 fully saturated rings. The molecule has 0 aromatic rings. The Morgan fingerprint density at radius 1 is 0.720 bits per heavy atom. The topological polar surface area (TPSA) is 43.4 Å². The number of quaternary nitrogens is 1. The molecule has 0 saturated carbocycles. The van der Waals surface area contributed by atoms with Crippen molar-refractivity contribution in [3.05, 3.63) is 0 Å². The smallest absolute Gasteiger partial charge is 0.194 e. The van der Waals surface area contributed by atoms with Crippen molar-refractivity contribution in [2.75, 3.05) is 25.4 Å². The van der Waals surface area contributed by atoms with E-state index in [1.54, 1.807) is 0 Å². The van der Waals surface area contributed by atoms with Gasteiger partial charge in [-0.3, -0.25) is 0 Å². The third-order valence-electron chi connectivity index (χ3n) is 5.32. The Morgan fingerprint density at radius 3 is 1.84 bits per heavy atom. The van der Waals surface area contributed by atoms with Crippen LogP contribution in [0.3, 0.4) is 0 Å². The maximum absolute atomic E-state index is 12.5. The van der Waals surface area contributed by atoms with Crippen LogP contribution in [0.4, 0.5) is 0 Å². The van der Waals surface area contributed by atoms with Crippen molar-refractivity contribution in [3.8, 4) is 0 Å². The molecule has 1 saturated heterocycles. The molecule has 0 bridgehead atoms. The summed E-state index contributed by atoms with van der Waals surface area (Å²) < 4.78 is 31.2. The minimum atomic E-state index is -3.41. The number of rotatable bonds is 15. The maximum atomic E-state index is 12.5. The van der Waals surface area contributed by atoms with Crippen molar-refractivity contribution in [1.82, 2.24) is 0 Å². The fourth-order valence-electron chi connectivity index (χ4n) is 3.76. The molecule has 0 atom stereocenters. The first kappa shape index (κ1) is 22.9. The van der Waals surface area contributed by atoms with Gasteiger partial charge in [-0.15, -0.1) is 0 Å². The average molecular weight is 377 g/mol. The number of piperidine rings is 1. The Morgan fingerprint density at radius 2 is 1.24 bits per heavy atom. The van der Waals surface area contributed by atoms with Crippen LogP contribution in [0.2, 0.25) is 0 Å². The van der Waals surface area contributed by atoms with Gasteiger partial charge in [0.25, 0.3) is 0 Å². The van der Waals surface area contributed by atoms with Gasteiger partial charge in [0.05, 0.1) is 5.75 Å². The maximum Gasteiger partial charge on any atom is 0.314 e. The summed E-state index contributed by atoms with van der Waals surface area (Å²) in [5.41, 5.74) is 0. The van der Waals surface area contributed by atoms with E-state index < -0.39 is 10.1 Å². The highest BCUT2D eigenvalue weighted by Gasteiger charge is 2.37. The van der Waals surface area contributed by atoms with Crippen molar-refractivity contribution in [2.45, 2.75) is 104 Å². The fourth-order valence-corrected chi connectivity index (χ4v) is 5.10. The van der Waals surface area contributed by atoms with E-state index in [1.807, 2.05) is 0 Å². The van der Waals surface area contributed by atoms with Crippen LogP contribution < -0.4 is 0 Å². The summed E-state index contributed by atoms with van der Waals surface area (Å²) in [5.74, 6) is 0.189. The molecule has 150 valence electrons. The highest BCUT2D eigenvalue weighted by molar-refractivity contribution is 7.86. The van der Waals surface area contributed by atoms with E-state index in [9.17, 15) is 8.42 Å². The van der Waals surface area contributed by atoms with Crippen LogP contribution in [0, 0.1) is 0 Å². The van der Waals surface area contributed by atoms with E-state index in [0.29, 0.717) is 4.65 Å². The zero-order chi connectivity index (χ0) is 18.4. The quantitative estimate of drug-likeness (QED) is 0.277. The van der Waals surface area contributed by atoms with Gasteiger partial charge in [-0.05, 0) is 38.5 Å². The van der Waals surface area contributed by atoms with Crippen molar-refractivity contribution in [2.24, 2.45) is 0 Å². The largest absolute Gasteiger partial charge is 0.314 e. The van der Waals surface area contributed by atoms with Gasteiger partial charge in [0, 0.05) is 0 Å². The van der Waals surface area contributed by atoms with Gasteiger partial charge < -0.3 is 0 Å². The molecule has 1 rings (SSSR count). The molecule has 1 aliphatic heterocycles. The molecule has 0 aliphatic carbocycles. The molecular formula is C20H42NO3S+. The molecule has 0 spiro atoms. The Balaban J connectivity index is 2.41. The first-order valence-corrected chi connectivity index (χ1v) is 12.4. The second kappa shape index (κ2) is 13.1. The van der Waals surface area contributed by atoms with Gasteiger partial charge in [-0.25, -0.2) is 0 Å². The van der Waals surface area contributed by atoms with Crippen LogP contribution in [-0.2, 0) is 14.4 Å². The molecule has 1 aliphatic rings. The second-order valence-electron chi connectivity index (χ2n) is 7.81. The summed E-state index contributed by atoms with van der Waals surface area (Å²) in [4.78, 5) is 0. The summed E-state index contributed by atoms with van der Waals surface area (Å²) in [7, 11) is -3.41. The number of unbranched alkanes of at least 4 members (excludes halogenated alkanes) is 9. The lowest BCUT2D eigenvalue weighted by Gasteiger charge is -2.37. The molecule has 0 aromatic heterocycles. The Bertz CT molecular complexity index is 417. The van der Waals surface area contributed by atoms with Crippen LogP contribution in [-0.4, -0.2) is 38.5 Å². The third kappa shape index (κ3) is 10.6. The van der Waals surface area contributed by atoms with Crippen molar-refractivity contribution >= 4 is 10.1 Å². The zero-order valence-electron chi connectivity index (χ0n) is 16.8. The Labute approximate surface area is 157 Å². The van der Waals surface area contributed by atoms with Gasteiger partial charge >= 0.3 is 10.1 Å². The Kier molecular flexibility index (Phi) is 12.0. The first-order chi connectivity index (χ1) is 12.0. The van der Waals surface area contributed by atoms with E-state index in [2.05, 4.69) is 13.8 Å².